The molecule has 1 aromatic carbocycles. The summed E-state index contributed by atoms with van der Waals surface area (Å²) in [6.07, 6.45) is 2.34. The van der Waals surface area contributed by atoms with E-state index in [0.29, 0.717) is 19.0 Å². The van der Waals surface area contributed by atoms with Crippen LogP contribution >= 0.6 is 0 Å². The van der Waals surface area contributed by atoms with Gasteiger partial charge in [0.25, 0.3) is 0 Å². The Bertz CT molecular complexity index is 847. The van der Waals surface area contributed by atoms with Gasteiger partial charge in [0.05, 0.1) is 12.2 Å². The summed E-state index contributed by atoms with van der Waals surface area (Å²) in [6, 6.07) is 10.5. The Labute approximate surface area is 167 Å². The monoisotopic (exact) mass is 379 g/mol. The van der Waals surface area contributed by atoms with Crippen molar-refractivity contribution in [3.8, 4) is 0 Å². The smallest absolute Gasteiger partial charge is 0.242 e. The minimum atomic E-state index is 0.157. The topological polar surface area (TPSA) is 61.4 Å². The number of anilines is 1. The number of aryl methyl sites for hydroxylation is 2. The summed E-state index contributed by atoms with van der Waals surface area (Å²) in [5.41, 5.74) is 3.51. The highest BCUT2D eigenvalue weighted by Gasteiger charge is 2.26. The van der Waals surface area contributed by atoms with Gasteiger partial charge in [0.2, 0.25) is 5.91 Å². The quantitative estimate of drug-likeness (QED) is 0.884. The van der Waals surface area contributed by atoms with E-state index in [2.05, 4.69) is 57.4 Å². The van der Waals surface area contributed by atoms with Crippen LogP contribution in [-0.4, -0.2) is 53.5 Å². The van der Waals surface area contributed by atoms with E-state index in [-0.39, 0.29) is 5.91 Å². The number of amides is 1. The summed E-state index contributed by atoms with van der Waals surface area (Å²) in [6.45, 7) is 8.66. The molecule has 2 fully saturated rings. The minimum Gasteiger partial charge on any atom is -0.345 e. The molecule has 2 aromatic rings. The third-order valence-corrected chi connectivity index (χ3v) is 5.66. The SMILES string of the molecule is Cc1cccc(CN2CCN(c3cc([C@H]4CCCNC4)nc(C)n3)CC2=O)c1. The van der Waals surface area contributed by atoms with Crippen LogP contribution in [0.25, 0.3) is 0 Å². The first kappa shape index (κ1) is 18.9. The predicted octanol–water partition coefficient (Wildman–Crippen LogP) is 2.41. The Hall–Kier alpha value is -2.47. The molecule has 148 valence electrons. The zero-order valence-electron chi connectivity index (χ0n) is 16.8. The van der Waals surface area contributed by atoms with Crippen LogP contribution in [0.15, 0.2) is 30.3 Å². The van der Waals surface area contributed by atoms with Gasteiger partial charge in [0, 0.05) is 38.2 Å². The number of hydrogen-bond acceptors (Lipinski definition) is 5. The number of nitrogens with one attached hydrogen (secondary N) is 1. The van der Waals surface area contributed by atoms with Crippen molar-refractivity contribution in [1.82, 2.24) is 20.2 Å². The molecule has 6 nitrogen and oxygen atoms in total. The van der Waals surface area contributed by atoms with Crippen LogP contribution in [0.1, 0.15) is 41.4 Å². The van der Waals surface area contributed by atoms with E-state index in [4.69, 9.17) is 0 Å². The molecule has 2 aliphatic rings. The number of rotatable bonds is 4. The number of piperidine rings is 1. The van der Waals surface area contributed by atoms with Gasteiger partial charge in [0.1, 0.15) is 11.6 Å². The van der Waals surface area contributed by atoms with Gasteiger partial charge in [-0.05, 0) is 38.8 Å². The molecule has 6 heteroatoms. The largest absolute Gasteiger partial charge is 0.345 e. The number of carbonyl (C=O) groups is 1. The molecule has 0 bridgehead atoms. The molecule has 0 spiro atoms. The van der Waals surface area contributed by atoms with Crippen LogP contribution in [0, 0.1) is 13.8 Å². The zero-order chi connectivity index (χ0) is 19.5. The second-order valence-electron chi connectivity index (χ2n) is 7.97. The first-order valence-electron chi connectivity index (χ1n) is 10.2. The number of nitrogens with zero attached hydrogens (tertiary/aromatic N) is 4. The van der Waals surface area contributed by atoms with Crippen LogP contribution in [0.5, 0.6) is 0 Å². The van der Waals surface area contributed by atoms with Crippen molar-refractivity contribution in [2.45, 2.75) is 39.2 Å². The predicted molar refractivity (Wildman–Crippen MR) is 110 cm³/mol. The van der Waals surface area contributed by atoms with Crippen LogP contribution in [0.2, 0.25) is 0 Å². The van der Waals surface area contributed by atoms with E-state index in [9.17, 15) is 4.79 Å². The van der Waals surface area contributed by atoms with Crippen molar-refractivity contribution in [1.29, 1.82) is 0 Å². The van der Waals surface area contributed by atoms with Crippen LogP contribution in [0.3, 0.4) is 0 Å². The average Bonchev–Trinajstić information content (AvgIpc) is 2.70. The van der Waals surface area contributed by atoms with Crippen molar-refractivity contribution < 1.29 is 4.79 Å². The Morgan fingerprint density at radius 1 is 1.18 bits per heavy atom. The lowest BCUT2D eigenvalue weighted by molar-refractivity contribution is -0.131. The van der Waals surface area contributed by atoms with E-state index < -0.39 is 0 Å². The minimum absolute atomic E-state index is 0.157. The zero-order valence-corrected chi connectivity index (χ0v) is 16.8. The molecule has 4 rings (SSSR count). The van der Waals surface area contributed by atoms with E-state index in [0.717, 1.165) is 49.9 Å². The Balaban J connectivity index is 1.45. The molecule has 0 saturated carbocycles. The van der Waals surface area contributed by atoms with Gasteiger partial charge in [-0.2, -0.15) is 0 Å². The van der Waals surface area contributed by atoms with Crippen LogP contribution < -0.4 is 10.2 Å². The molecule has 1 amide bonds. The van der Waals surface area contributed by atoms with Gasteiger partial charge in [0.15, 0.2) is 0 Å². The molecular weight excluding hydrogens is 350 g/mol. The summed E-state index contributed by atoms with van der Waals surface area (Å²) < 4.78 is 0. The lowest BCUT2D eigenvalue weighted by Gasteiger charge is -2.35. The second kappa shape index (κ2) is 8.27. The van der Waals surface area contributed by atoms with Crippen molar-refractivity contribution in [3.63, 3.8) is 0 Å². The first-order valence-corrected chi connectivity index (χ1v) is 10.2. The summed E-state index contributed by atoms with van der Waals surface area (Å²) in [5.74, 6) is 2.27. The van der Waals surface area contributed by atoms with Crippen molar-refractivity contribution in [2.75, 3.05) is 37.6 Å². The third kappa shape index (κ3) is 4.33. The van der Waals surface area contributed by atoms with Crippen molar-refractivity contribution in [3.05, 3.63) is 53.0 Å². The Kier molecular flexibility index (Phi) is 5.57. The molecule has 1 atom stereocenters. The third-order valence-electron chi connectivity index (χ3n) is 5.66. The standard InChI is InChI=1S/C22H29N5O/c1-16-5-3-6-18(11-16)14-27-10-9-26(15-22(27)28)21-12-20(24-17(2)25-21)19-7-4-8-23-13-19/h3,5-6,11-12,19,23H,4,7-10,13-15H2,1-2H3/t19-/m0/s1. The fourth-order valence-corrected chi connectivity index (χ4v) is 4.15. The normalized spacial score (nSPS) is 20.5. The van der Waals surface area contributed by atoms with E-state index in [1.165, 1.54) is 17.5 Å². The average molecular weight is 380 g/mol. The van der Waals surface area contributed by atoms with E-state index in [1.54, 1.807) is 0 Å². The van der Waals surface area contributed by atoms with Gasteiger partial charge >= 0.3 is 0 Å². The van der Waals surface area contributed by atoms with E-state index >= 15 is 0 Å². The Morgan fingerprint density at radius 3 is 2.82 bits per heavy atom. The van der Waals surface area contributed by atoms with Crippen molar-refractivity contribution >= 4 is 11.7 Å². The number of piperazine rings is 1. The maximum absolute atomic E-state index is 12.8. The number of carbonyl (C=O) groups excluding carboxylic acids is 1. The second-order valence-corrected chi connectivity index (χ2v) is 7.97. The highest BCUT2D eigenvalue weighted by Crippen LogP contribution is 2.25. The lowest BCUT2D eigenvalue weighted by atomic mass is 9.96. The highest BCUT2D eigenvalue weighted by molar-refractivity contribution is 5.82. The molecule has 2 saturated heterocycles. The van der Waals surface area contributed by atoms with Gasteiger partial charge in [-0.15, -0.1) is 0 Å². The van der Waals surface area contributed by atoms with Crippen molar-refractivity contribution in [2.24, 2.45) is 0 Å². The van der Waals surface area contributed by atoms with Crippen LogP contribution in [0.4, 0.5) is 5.82 Å². The molecule has 0 unspecified atom stereocenters. The fraction of sp³-hybridized carbons (Fsp3) is 0.500. The number of hydrogen-bond donors (Lipinski definition) is 1. The molecule has 28 heavy (non-hydrogen) atoms. The number of aromatic nitrogens is 2. The summed E-state index contributed by atoms with van der Waals surface area (Å²) in [5, 5.41) is 3.46. The van der Waals surface area contributed by atoms with Gasteiger partial charge in [-0.25, -0.2) is 9.97 Å². The molecule has 0 radical (unpaired) electrons. The summed E-state index contributed by atoms with van der Waals surface area (Å²) >= 11 is 0. The lowest BCUT2D eigenvalue weighted by Crippen LogP contribution is -2.50. The van der Waals surface area contributed by atoms with Gasteiger partial charge < -0.3 is 15.1 Å². The molecule has 3 heterocycles. The molecule has 1 N–H and O–H groups in total. The van der Waals surface area contributed by atoms with E-state index in [1.807, 2.05) is 11.8 Å². The molecule has 1 aromatic heterocycles. The number of benzene rings is 1. The Morgan fingerprint density at radius 2 is 2.07 bits per heavy atom. The maximum atomic E-state index is 12.8. The van der Waals surface area contributed by atoms with Gasteiger partial charge in [-0.1, -0.05) is 29.8 Å². The fourth-order valence-electron chi connectivity index (χ4n) is 4.15. The summed E-state index contributed by atoms with van der Waals surface area (Å²) in [7, 11) is 0. The molecule has 0 aliphatic carbocycles. The maximum Gasteiger partial charge on any atom is 0.242 e. The molecular formula is C22H29N5O. The highest BCUT2D eigenvalue weighted by atomic mass is 16.2. The first-order chi connectivity index (χ1) is 13.6. The molecule has 2 aliphatic heterocycles. The van der Waals surface area contributed by atoms with Gasteiger partial charge in [-0.3, -0.25) is 4.79 Å². The van der Waals surface area contributed by atoms with Crippen LogP contribution in [-0.2, 0) is 11.3 Å². The summed E-state index contributed by atoms with van der Waals surface area (Å²) in [4.78, 5) is 26.1.